The van der Waals surface area contributed by atoms with Gasteiger partial charge in [0.2, 0.25) is 17.6 Å². The van der Waals surface area contributed by atoms with Gasteiger partial charge in [0.25, 0.3) is 10.0 Å². The number of rotatable bonds is 9. The topological polar surface area (TPSA) is 129 Å². The highest BCUT2D eigenvalue weighted by Gasteiger charge is 2.16. The second-order valence-corrected chi connectivity index (χ2v) is 9.07. The van der Waals surface area contributed by atoms with Crippen molar-refractivity contribution in [3.05, 3.63) is 65.5 Å². The zero-order chi connectivity index (χ0) is 25.6. The van der Waals surface area contributed by atoms with E-state index in [0.29, 0.717) is 39.9 Å². The summed E-state index contributed by atoms with van der Waals surface area (Å²) < 4.78 is 43.6. The molecule has 0 atom stereocenters. The van der Waals surface area contributed by atoms with E-state index in [-0.39, 0.29) is 10.8 Å². The lowest BCUT2D eigenvalue weighted by Crippen LogP contribution is -2.16. The van der Waals surface area contributed by atoms with Gasteiger partial charge < -0.3 is 19.5 Å². The van der Waals surface area contributed by atoms with Crippen molar-refractivity contribution in [2.45, 2.75) is 18.7 Å². The van der Waals surface area contributed by atoms with Gasteiger partial charge in [-0.3, -0.25) is 4.79 Å². The molecular weight excluding hydrogens is 472 g/mol. The third-order valence-electron chi connectivity index (χ3n) is 4.75. The molecule has 0 saturated heterocycles. The average Bonchev–Trinajstić information content (AvgIpc) is 2.81. The summed E-state index contributed by atoms with van der Waals surface area (Å²) in [5.74, 6) is 0.963. The molecule has 184 valence electrons. The van der Waals surface area contributed by atoms with Crippen LogP contribution in [0.2, 0.25) is 0 Å². The van der Waals surface area contributed by atoms with E-state index in [4.69, 9.17) is 14.2 Å². The molecule has 11 heteroatoms. The first kappa shape index (κ1) is 25.5. The van der Waals surface area contributed by atoms with Crippen molar-refractivity contribution in [3.63, 3.8) is 0 Å². The van der Waals surface area contributed by atoms with Gasteiger partial charge in [0.15, 0.2) is 11.5 Å². The highest BCUT2D eigenvalue weighted by molar-refractivity contribution is 7.92. The zero-order valence-corrected chi connectivity index (χ0v) is 20.8. The van der Waals surface area contributed by atoms with Crippen LogP contribution in [-0.2, 0) is 14.8 Å². The predicted molar refractivity (Wildman–Crippen MR) is 133 cm³/mol. The maximum absolute atomic E-state index is 12.6. The van der Waals surface area contributed by atoms with Crippen molar-refractivity contribution in [3.8, 4) is 17.2 Å². The van der Waals surface area contributed by atoms with Crippen LogP contribution in [0.15, 0.2) is 53.4 Å². The Bertz CT molecular complexity index is 1310. The lowest BCUT2D eigenvalue weighted by molar-refractivity contribution is -0.111. The molecule has 0 fully saturated rings. The second-order valence-electron chi connectivity index (χ2n) is 7.39. The van der Waals surface area contributed by atoms with Crippen molar-refractivity contribution in [2.75, 3.05) is 31.4 Å². The second kappa shape index (κ2) is 10.9. The molecule has 1 heterocycles. The molecular formula is C24H26N4O6S. The van der Waals surface area contributed by atoms with E-state index in [1.807, 2.05) is 0 Å². The quantitative estimate of drug-likeness (QED) is 0.429. The normalized spacial score (nSPS) is 11.2. The summed E-state index contributed by atoms with van der Waals surface area (Å²) in [5.41, 5.74) is 2.38. The molecule has 3 rings (SSSR count). The minimum absolute atomic E-state index is 0.00295. The van der Waals surface area contributed by atoms with Gasteiger partial charge in [-0.1, -0.05) is 0 Å². The van der Waals surface area contributed by atoms with E-state index in [1.54, 1.807) is 38.1 Å². The highest BCUT2D eigenvalue weighted by atomic mass is 32.2. The first-order valence-electron chi connectivity index (χ1n) is 10.4. The van der Waals surface area contributed by atoms with Crippen LogP contribution in [0, 0.1) is 13.8 Å². The number of hydrogen-bond acceptors (Lipinski definition) is 8. The molecule has 35 heavy (non-hydrogen) atoms. The molecule has 0 aliphatic carbocycles. The van der Waals surface area contributed by atoms with Crippen molar-refractivity contribution < 1.29 is 27.4 Å². The van der Waals surface area contributed by atoms with Gasteiger partial charge in [-0.2, -0.15) is 0 Å². The van der Waals surface area contributed by atoms with Gasteiger partial charge in [-0.15, -0.1) is 0 Å². The average molecular weight is 499 g/mol. The molecule has 0 unspecified atom stereocenters. The molecule has 0 spiro atoms. The summed E-state index contributed by atoms with van der Waals surface area (Å²) in [6, 6.07) is 10.9. The molecule has 0 aliphatic rings. The molecule has 0 radical (unpaired) electrons. The summed E-state index contributed by atoms with van der Waals surface area (Å²) in [4.78, 5) is 20.6. The number of carbonyl (C=O) groups excluding carboxylic acids is 1. The fraction of sp³-hybridized carbons (Fsp3) is 0.208. The predicted octanol–water partition coefficient (Wildman–Crippen LogP) is 3.57. The van der Waals surface area contributed by atoms with Crippen LogP contribution in [0.1, 0.15) is 17.0 Å². The molecule has 10 nitrogen and oxygen atoms in total. The lowest BCUT2D eigenvalue weighted by atomic mass is 10.1. The van der Waals surface area contributed by atoms with Gasteiger partial charge >= 0.3 is 0 Å². The molecule has 1 amide bonds. The number of amides is 1. The Morgan fingerprint density at radius 3 is 1.97 bits per heavy atom. The summed E-state index contributed by atoms with van der Waals surface area (Å²) in [7, 11) is 0.626. The van der Waals surface area contributed by atoms with Crippen LogP contribution < -0.4 is 24.2 Å². The van der Waals surface area contributed by atoms with E-state index in [0.717, 1.165) is 0 Å². The minimum Gasteiger partial charge on any atom is -0.493 e. The summed E-state index contributed by atoms with van der Waals surface area (Å²) in [6.07, 6.45) is 2.93. The number of nitrogens with zero attached hydrogens (tertiary/aromatic N) is 2. The third kappa shape index (κ3) is 6.48. The number of nitrogens with one attached hydrogen (secondary N) is 2. The molecule has 0 bridgehead atoms. The summed E-state index contributed by atoms with van der Waals surface area (Å²) >= 11 is 0. The first-order valence-corrected chi connectivity index (χ1v) is 11.9. The maximum atomic E-state index is 12.6. The SMILES string of the molecule is COc1cc(/C=C/C(=O)Nc2ccc(S(=O)(=O)Nc3nc(C)cc(C)n3)cc2)cc(OC)c1OC. The van der Waals surface area contributed by atoms with Crippen LogP contribution in [0.4, 0.5) is 11.6 Å². The number of sulfonamides is 1. The molecule has 0 saturated carbocycles. The summed E-state index contributed by atoms with van der Waals surface area (Å²) in [5, 5.41) is 2.68. The van der Waals surface area contributed by atoms with E-state index in [1.165, 1.54) is 51.7 Å². The van der Waals surface area contributed by atoms with E-state index >= 15 is 0 Å². The Morgan fingerprint density at radius 2 is 1.46 bits per heavy atom. The van der Waals surface area contributed by atoms with Crippen LogP contribution in [0.3, 0.4) is 0 Å². The Labute approximate surface area is 204 Å². The van der Waals surface area contributed by atoms with Crippen molar-refractivity contribution >= 4 is 33.6 Å². The summed E-state index contributed by atoms with van der Waals surface area (Å²) in [6.45, 7) is 3.50. The fourth-order valence-corrected chi connectivity index (χ4v) is 4.17. The molecule has 3 aromatic rings. The number of hydrogen-bond donors (Lipinski definition) is 2. The maximum Gasteiger partial charge on any atom is 0.264 e. The van der Waals surface area contributed by atoms with Crippen LogP contribution in [0.25, 0.3) is 6.08 Å². The van der Waals surface area contributed by atoms with Crippen LogP contribution in [-0.4, -0.2) is 45.6 Å². The van der Waals surface area contributed by atoms with E-state index < -0.39 is 15.9 Å². The Balaban J connectivity index is 1.69. The number of benzene rings is 2. The van der Waals surface area contributed by atoms with Gasteiger partial charge in [-0.25, -0.2) is 23.1 Å². The molecule has 2 N–H and O–H groups in total. The first-order chi connectivity index (χ1) is 16.6. The van der Waals surface area contributed by atoms with Crippen molar-refractivity contribution in [1.82, 2.24) is 9.97 Å². The molecule has 2 aromatic carbocycles. The highest BCUT2D eigenvalue weighted by Crippen LogP contribution is 2.38. The van der Waals surface area contributed by atoms with Gasteiger partial charge in [-0.05, 0) is 68.0 Å². The van der Waals surface area contributed by atoms with Crippen LogP contribution >= 0.6 is 0 Å². The number of ether oxygens (including phenoxy) is 3. The largest absolute Gasteiger partial charge is 0.493 e. The third-order valence-corrected chi connectivity index (χ3v) is 6.10. The number of aryl methyl sites for hydroxylation is 2. The van der Waals surface area contributed by atoms with Gasteiger partial charge in [0, 0.05) is 23.2 Å². The fourth-order valence-electron chi connectivity index (χ4n) is 3.22. The number of methoxy groups -OCH3 is 3. The smallest absolute Gasteiger partial charge is 0.264 e. The monoisotopic (exact) mass is 498 g/mol. The number of carbonyl (C=O) groups is 1. The van der Waals surface area contributed by atoms with Gasteiger partial charge in [0.05, 0.1) is 26.2 Å². The Morgan fingerprint density at radius 1 is 0.886 bits per heavy atom. The lowest BCUT2D eigenvalue weighted by Gasteiger charge is -2.12. The van der Waals surface area contributed by atoms with Crippen molar-refractivity contribution in [2.24, 2.45) is 0 Å². The van der Waals surface area contributed by atoms with E-state index in [9.17, 15) is 13.2 Å². The Kier molecular flexibility index (Phi) is 7.92. The van der Waals surface area contributed by atoms with Crippen molar-refractivity contribution in [1.29, 1.82) is 0 Å². The van der Waals surface area contributed by atoms with Crippen LogP contribution in [0.5, 0.6) is 17.2 Å². The number of aromatic nitrogens is 2. The molecule has 0 aliphatic heterocycles. The van der Waals surface area contributed by atoms with Gasteiger partial charge in [0.1, 0.15) is 0 Å². The van der Waals surface area contributed by atoms with E-state index in [2.05, 4.69) is 20.0 Å². The number of anilines is 2. The standard InChI is InChI=1S/C24H26N4O6S/c1-15-12-16(2)26-24(25-15)28-35(30,31)19-9-7-18(8-10-19)27-22(29)11-6-17-13-20(32-3)23(34-5)21(14-17)33-4/h6-14H,1-5H3,(H,27,29)(H,25,26,28)/b11-6+. The Hall–Kier alpha value is -4.12. The molecule has 1 aromatic heterocycles. The minimum atomic E-state index is -3.89. The zero-order valence-electron chi connectivity index (χ0n) is 19.9.